The highest BCUT2D eigenvalue weighted by Gasteiger charge is 2.25. The van der Waals surface area contributed by atoms with E-state index in [9.17, 15) is 13.6 Å². The summed E-state index contributed by atoms with van der Waals surface area (Å²) >= 11 is 0. The molecule has 2 heterocycles. The van der Waals surface area contributed by atoms with E-state index in [-0.39, 0.29) is 18.3 Å². The number of nitrogens with zero attached hydrogens (tertiary/aromatic N) is 2. The molecular formula is C25H27F2N3O6. The summed E-state index contributed by atoms with van der Waals surface area (Å²) in [4.78, 5) is 14.5. The molecule has 0 spiro atoms. The number of carbonyl (C=O) groups is 1. The quantitative estimate of drug-likeness (QED) is 0.446. The number of nitrogens with one attached hydrogen (secondary N) is 1. The molecule has 1 aromatic heterocycles. The van der Waals surface area contributed by atoms with Crippen LogP contribution in [0.15, 0.2) is 40.9 Å². The first kappa shape index (κ1) is 25.2. The van der Waals surface area contributed by atoms with Gasteiger partial charge in [0.05, 0.1) is 34.0 Å². The molecule has 1 atom stereocenters. The van der Waals surface area contributed by atoms with E-state index in [1.807, 2.05) is 0 Å². The third-order valence-corrected chi connectivity index (χ3v) is 5.77. The lowest BCUT2D eigenvalue weighted by Crippen LogP contribution is -2.39. The van der Waals surface area contributed by atoms with Crippen LogP contribution in [0.4, 0.5) is 19.3 Å². The summed E-state index contributed by atoms with van der Waals surface area (Å²) in [6.07, 6.45) is 1.57. The van der Waals surface area contributed by atoms with Gasteiger partial charge in [-0.25, -0.2) is 13.6 Å². The first-order valence-electron chi connectivity index (χ1n) is 11.3. The molecule has 0 saturated carbocycles. The van der Waals surface area contributed by atoms with Crippen molar-refractivity contribution in [3.63, 3.8) is 0 Å². The topological polar surface area (TPSA) is 95.3 Å². The summed E-state index contributed by atoms with van der Waals surface area (Å²) in [5.74, 6) is -0.259. The van der Waals surface area contributed by atoms with Crippen molar-refractivity contribution in [2.24, 2.45) is 0 Å². The molecule has 1 aliphatic heterocycles. The number of ether oxygens (including phenoxy) is 4. The maximum absolute atomic E-state index is 13.6. The van der Waals surface area contributed by atoms with E-state index in [1.54, 1.807) is 18.2 Å². The van der Waals surface area contributed by atoms with E-state index in [0.717, 1.165) is 25.0 Å². The predicted molar refractivity (Wildman–Crippen MR) is 126 cm³/mol. The van der Waals surface area contributed by atoms with Crippen LogP contribution < -0.4 is 19.5 Å². The van der Waals surface area contributed by atoms with Gasteiger partial charge in [-0.05, 0) is 37.1 Å². The SMILES string of the molecule is COc1cc(-c2cc(CN(CC3CCCO3)C(=O)Nc3ccc(F)c(F)c3)no2)cc(OC)c1OC. The van der Waals surface area contributed by atoms with E-state index in [4.69, 9.17) is 23.5 Å². The van der Waals surface area contributed by atoms with Gasteiger partial charge in [0.25, 0.3) is 0 Å². The van der Waals surface area contributed by atoms with Gasteiger partial charge in [0.1, 0.15) is 5.69 Å². The van der Waals surface area contributed by atoms with Gasteiger partial charge in [-0.3, -0.25) is 0 Å². The van der Waals surface area contributed by atoms with Crippen LogP contribution in [0.25, 0.3) is 11.3 Å². The molecule has 0 aliphatic carbocycles. The van der Waals surface area contributed by atoms with Gasteiger partial charge < -0.3 is 33.7 Å². The molecule has 11 heteroatoms. The Balaban J connectivity index is 1.55. The Labute approximate surface area is 206 Å². The lowest BCUT2D eigenvalue weighted by atomic mass is 10.1. The molecule has 2 amide bonds. The Morgan fingerprint density at radius 3 is 2.44 bits per heavy atom. The minimum atomic E-state index is -1.05. The number of rotatable bonds is 9. The lowest BCUT2D eigenvalue weighted by Gasteiger charge is -2.25. The van der Waals surface area contributed by atoms with Crippen molar-refractivity contribution in [3.05, 3.63) is 53.7 Å². The van der Waals surface area contributed by atoms with E-state index in [2.05, 4.69) is 10.5 Å². The number of anilines is 1. The van der Waals surface area contributed by atoms with Crippen LogP contribution in [-0.4, -0.2) is 56.7 Å². The predicted octanol–water partition coefficient (Wildman–Crippen LogP) is 4.86. The van der Waals surface area contributed by atoms with Crippen LogP contribution in [0.5, 0.6) is 17.2 Å². The van der Waals surface area contributed by atoms with E-state index in [0.29, 0.717) is 47.4 Å². The number of benzene rings is 2. The first-order valence-corrected chi connectivity index (χ1v) is 11.3. The van der Waals surface area contributed by atoms with Crippen molar-refractivity contribution in [2.75, 3.05) is 39.8 Å². The van der Waals surface area contributed by atoms with Gasteiger partial charge in [0.2, 0.25) is 5.75 Å². The van der Waals surface area contributed by atoms with Gasteiger partial charge in [-0.15, -0.1) is 0 Å². The van der Waals surface area contributed by atoms with Crippen molar-refractivity contribution in [1.29, 1.82) is 0 Å². The van der Waals surface area contributed by atoms with Gasteiger partial charge in [-0.1, -0.05) is 5.16 Å². The second-order valence-electron chi connectivity index (χ2n) is 8.17. The molecule has 4 rings (SSSR count). The summed E-state index contributed by atoms with van der Waals surface area (Å²) in [7, 11) is 4.55. The second kappa shape index (κ2) is 11.3. The first-order chi connectivity index (χ1) is 17.4. The fourth-order valence-corrected chi connectivity index (χ4v) is 3.97. The molecule has 1 unspecified atom stereocenters. The van der Waals surface area contributed by atoms with Crippen LogP contribution in [0.3, 0.4) is 0 Å². The number of halogens is 2. The highest BCUT2D eigenvalue weighted by atomic mass is 19.2. The second-order valence-corrected chi connectivity index (χ2v) is 8.17. The van der Waals surface area contributed by atoms with Crippen LogP contribution in [0.1, 0.15) is 18.5 Å². The standard InChI is InChI=1S/C25H27F2N3O6/c1-32-22-9-15(10-23(33-2)24(22)34-3)21-12-17(29-36-21)13-30(14-18-5-4-8-35-18)25(31)28-16-6-7-19(26)20(27)11-16/h6-7,9-12,18H,4-5,8,13-14H2,1-3H3,(H,28,31). The molecule has 2 aromatic carbocycles. The molecule has 9 nitrogen and oxygen atoms in total. The Bertz CT molecular complexity index is 1190. The third-order valence-electron chi connectivity index (χ3n) is 5.77. The largest absolute Gasteiger partial charge is 0.493 e. The van der Waals surface area contributed by atoms with E-state index < -0.39 is 17.7 Å². The van der Waals surface area contributed by atoms with Crippen molar-refractivity contribution in [2.45, 2.75) is 25.5 Å². The molecule has 1 aliphatic rings. The zero-order valence-corrected chi connectivity index (χ0v) is 20.2. The maximum Gasteiger partial charge on any atom is 0.322 e. The molecule has 0 bridgehead atoms. The summed E-state index contributed by atoms with van der Waals surface area (Å²) < 4.78 is 54.3. The molecule has 1 saturated heterocycles. The molecule has 1 N–H and O–H groups in total. The number of hydrogen-bond acceptors (Lipinski definition) is 7. The number of hydrogen-bond donors (Lipinski definition) is 1. The average molecular weight is 504 g/mol. The van der Waals surface area contributed by atoms with Gasteiger partial charge in [-0.2, -0.15) is 0 Å². The van der Waals surface area contributed by atoms with Crippen molar-refractivity contribution in [1.82, 2.24) is 10.1 Å². The van der Waals surface area contributed by atoms with Crippen molar-refractivity contribution < 1.29 is 37.0 Å². The van der Waals surface area contributed by atoms with Crippen LogP contribution in [-0.2, 0) is 11.3 Å². The minimum Gasteiger partial charge on any atom is -0.493 e. The van der Waals surface area contributed by atoms with Gasteiger partial charge in [0.15, 0.2) is 28.9 Å². The molecule has 3 aromatic rings. The monoisotopic (exact) mass is 503 g/mol. The molecular weight excluding hydrogens is 476 g/mol. The number of carbonyl (C=O) groups excluding carboxylic acids is 1. The van der Waals surface area contributed by atoms with Crippen LogP contribution in [0, 0.1) is 11.6 Å². The fourth-order valence-electron chi connectivity index (χ4n) is 3.97. The van der Waals surface area contributed by atoms with Crippen LogP contribution in [0.2, 0.25) is 0 Å². The number of aromatic nitrogens is 1. The molecule has 0 radical (unpaired) electrons. The van der Waals surface area contributed by atoms with Crippen molar-refractivity contribution >= 4 is 11.7 Å². The summed E-state index contributed by atoms with van der Waals surface area (Å²) in [6, 6.07) is 7.82. The average Bonchev–Trinajstić information content (AvgIpc) is 3.57. The zero-order chi connectivity index (χ0) is 25.7. The van der Waals surface area contributed by atoms with E-state index >= 15 is 0 Å². The number of methoxy groups -OCH3 is 3. The fraction of sp³-hybridized carbons (Fsp3) is 0.360. The van der Waals surface area contributed by atoms with Gasteiger partial charge >= 0.3 is 6.03 Å². The minimum absolute atomic E-state index is 0.100. The summed E-state index contributed by atoms with van der Waals surface area (Å²) in [5.41, 5.74) is 1.26. The van der Waals surface area contributed by atoms with Crippen molar-refractivity contribution in [3.8, 4) is 28.6 Å². The molecule has 1 fully saturated rings. The van der Waals surface area contributed by atoms with E-state index in [1.165, 1.54) is 32.3 Å². The molecule has 192 valence electrons. The number of urea groups is 1. The Kier molecular flexibility index (Phi) is 7.89. The lowest BCUT2D eigenvalue weighted by molar-refractivity contribution is 0.0814. The highest BCUT2D eigenvalue weighted by molar-refractivity contribution is 5.89. The highest BCUT2D eigenvalue weighted by Crippen LogP contribution is 2.41. The van der Waals surface area contributed by atoms with Crippen LogP contribution >= 0.6 is 0 Å². The third kappa shape index (κ3) is 5.68. The molecule has 36 heavy (non-hydrogen) atoms. The Morgan fingerprint density at radius 1 is 1.08 bits per heavy atom. The Morgan fingerprint density at radius 2 is 1.83 bits per heavy atom. The zero-order valence-electron chi connectivity index (χ0n) is 20.2. The smallest absolute Gasteiger partial charge is 0.322 e. The van der Waals surface area contributed by atoms with Gasteiger partial charge in [0, 0.05) is 36.5 Å². The number of amides is 2. The maximum atomic E-state index is 13.6. The normalized spacial score (nSPS) is 15.0. The summed E-state index contributed by atoms with van der Waals surface area (Å²) in [6.45, 7) is 1.02. The Hall–Kier alpha value is -3.86. The summed E-state index contributed by atoms with van der Waals surface area (Å²) in [5, 5.41) is 6.72.